The second-order valence-corrected chi connectivity index (χ2v) is 8.32. The number of aliphatic hydroxyl groups excluding tert-OH is 2. The molecule has 0 heterocycles. The number of amides is 1. The van der Waals surface area contributed by atoms with Gasteiger partial charge in [-0.25, -0.2) is 0 Å². The molecule has 4 nitrogen and oxygen atoms in total. The van der Waals surface area contributed by atoms with Crippen LogP contribution in [0.1, 0.15) is 48.0 Å². The van der Waals surface area contributed by atoms with Crippen LogP contribution in [0.2, 0.25) is 0 Å². The second kappa shape index (κ2) is 7.50. The Morgan fingerprint density at radius 2 is 1.79 bits per heavy atom. The predicted octanol–water partition coefficient (Wildman–Crippen LogP) is 1.79. The molecule has 3 N–H and O–H groups in total. The molecule has 1 amide bonds. The van der Waals surface area contributed by atoms with E-state index in [9.17, 15) is 9.90 Å². The third-order valence-corrected chi connectivity index (χ3v) is 4.26. The average Bonchev–Trinajstić information content (AvgIpc) is 2.23. The normalized spacial score (nSPS) is 14.6. The molecular formula is C14H29NO3S. The van der Waals surface area contributed by atoms with Gasteiger partial charge in [-0.15, -0.1) is 0 Å². The first-order chi connectivity index (χ1) is 8.50. The lowest BCUT2D eigenvalue weighted by atomic mass is 9.82. The van der Waals surface area contributed by atoms with E-state index < -0.39 is 11.5 Å². The Hall–Kier alpha value is -0.260. The van der Waals surface area contributed by atoms with E-state index in [0.29, 0.717) is 12.2 Å². The fourth-order valence-corrected chi connectivity index (χ4v) is 3.24. The molecule has 1 unspecified atom stereocenters. The quantitative estimate of drug-likeness (QED) is 0.638. The molecular weight excluding hydrogens is 262 g/mol. The SMILES string of the molecule is CC(C)NC(=O)C(C)(C)CC(C)(C)SCC(O)CO. The highest BCUT2D eigenvalue weighted by Gasteiger charge is 2.35. The summed E-state index contributed by atoms with van der Waals surface area (Å²) in [5, 5.41) is 21.2. The molecule has 114 valence electrons. The van der Waals surface area contributed by atoms with Crippen molar-refractivity contribution >= 4 is 17.7 Å². The van der Waals surface area contributed by atoms with Gasteiger partial charge >= 0.3 is 0 Å². The molecule has 0 aliphatic carbocycles. The summed E-state index contributed by atoms with van der Waals surface area (Å²) in [4.78, 5) is 12.1. The summed E-state index contributed by atoms with van der Waals surface area (Å²) >= 11 is 1.58. The number of hydrogen-bond acceptors (Lipinski definition) is 4. The van der Waals surface area contributed by atoms with Crippen molar-refractivity contribution in [2.75, 3.05) is 12.4 Å². The molecule has 0 aliphatic rings. The first kappa shape index (κ1) is 18.7. The largest absolute Gasteiger partial charge is 0.394 e. The van der Waals surface area contributed by atoms with Crippen molar-refractivity contribution in [3.8, 4) is 0 Å². The zero-order valence-electron chi connectivity index (χ0n) is 13.0. The molecule has 5 heteroatoms. The monoisotopic (exact) mass is 291 g/mol. The first-order valence-electron chi connectivity index (χ1n) is 6.74. The molecule has 0 aromatic rings. The lowest BCUT2D eigenvalue weighted by Crippen LogP contribution is -2.43. The molecule has 0 aromatic heterocycles. The molecule has 0 bridgehead atoms. The van der Waals surface area contributed by atoms with Gasteiger partial charge in [0.05, 0.1) is 12.7 Å². The van der Waals surface area contributed by atoms with E-state index in [1.807, 2.05) is 27.7 Å². The van der Waals surface area contributed by atoms with Crippen LogP contribution in [-0.2, 0) is 4.79 Å². The lowest BCUT2D eigenvalue weighted by Gasteiger charge is -2.34. The predicted molar refractivity (Wildman–Crippen MR) is 81.3 cm³/mol. The van der Waals surface area contributed by atoms with E-state index in [0.717, 1.165) is 0 Å². The molecule has 0 fully saturated rings. The van der Waals surface area contributed by atoms with Gasteiger partial charge in [0.15, 0.2) is 0 Å². The third-order valence-electron chi connectivity index (χ3n) is 2.78. The Morgan fingerprint density at radius 1 is 1.26 bits per heavy atom. The van der Waals surface area contributed by atoms with Crippen LogP contribution >= 0.6 is 11.8 Å². The Kier molecular flexibility index (Phi) is 7.40. The summed E-state index contributed by atoms with van der Waals surface area (Å²) in [5.74, 6) is 0.532. The Bertz CT molecular complexity index is 290. The number of nitrogens with one attached hydrogen (secondary N) is 1. The first-order valence-corrected chi connectivity index (χ1v) is 7.72. The minimum Gasteiger partial charge on any atom is -0.394 e. The van der Waals surface area contributed by atoms with Gasteiger partial charge in [-0.3, -0.25) is 4.79 Å². The molecule has 19 heavy (non-hydrogen) atoms. The molecule has 0 radical (unpaired) electrons. The summed E-state index contributed by atoms with van der Waals surface area (Å²) in [6.07, 6.45) is 0.0124. The van der Waals surface area contributed by atoms with Crippen molar-refractivity contribution in [2.24, 2.45) is 5.41 Å². The van der Waals surface area contributed by atoms with E-state index in [1.54, 1.807) is 11.8 Å². The highest BCUT2D eigenvalue weighted by atomic mass is 32.2. The third kappa shape index (κ3) is 7.80. The Balaban J connectivity index is 4.48. The highest BCUT2D eigenvalue weighted by Crippen LogP contribution is 2.37. The van der Waals surface area contributed by atoms with Crippen molar-refractivity contribution in [1.29, 1.82) is 0 Å². The molecule has 0 aliphatic heterocycles. The highest BCUT2D eigenvalue weighted by molar-refractivity contribution is 8.00. The van der Waals surface area contributed by atoms with Crippen LogP contribution in [0.5, 0.6) is 0 Å². The van der Waals surface area contributed by atoms with Gasteiger partial charge in [-0.1, -0.05) is 27.7 Å². The molecule has 0 rings (SSSR count). The maximum absolute atomic E-state index is 12.1. The van der Waals surface area contributed by atoms with Crippen LogP contribution in [0.4, 0.5) is 0 Å². The van der Waals surface area contributed by atoms with Crippen LogP contribution in [0, 0.1) is 5.41 Å². The zero-order valence-corrected chi connectivity index (χ0v) is 13.8. The van der Waals surface area contributed by atoms with Crippen molar-refractivity contribution in [3.63, 3.8) is 0 Å². The number of thioether (sulfide) groups is 1. The van der Waals surface area contributed by atoms with Crippen LogP contribution < -0.4 is 5.32 Å². The van der Waals surface area contributed by atoms with Gasteiger partial charge in [-0.05, 0) is 20.3 Å². The summed E-state index contributed by atoms with van der Waals surface area (Å²) < 4.78 is -0.131. The standard InChI is InChI=1S/C14H29NO3S/c1-10(2)15-12(18)13(3,4)9-14(5,6)19-8-11(17)7-16/h10-11,16-17H,7-9H2,1-6H3,(H,15,18). The number of aliphatic hydroxyl groups is 2. The van der Waals surface area contributed by atoms with Gasteiger partial charge in [0.2, 0.25) is 5.91 Å². The van der Waals surface area contributed by atoms with Crippen LogP contribution in [-0.4, -0.2) is 45.4 Å². The Labute approximate surface area is 121 Å². The van der Waals surface area contributed by atoms with Gasteiger partial charge in [0.25, 0.3) is 0 Å². The van der Waals surface area contributed by atoms with Crippen molar-refractivity contribution < 1.29 is 15.0 Å². The fourth-order valence-electron chi connectivity index (χ4n) is 2.03. The van der Waals surface area contributed by atoms with E-state index in [2.05, 4.69) is 19.2 Å². The topological polar surface area (TPSA) is 69.6 Å². The summed E-state index contributed by atoms with van der Waals surface area (Å²) in [6, 6.07) is 0.138. The lowest BCUT2D eigenvalue weighted by molar-refractivity contribution is -0.130. The second-order valence-electron chi connectivity index (χ2n) is 6.60. The maximum Gasteiger partial charge on any atom is 0.225 e. The summed E-state index contributed by atoms with van der Waals surface area (Å²) in [5.41, 5.74) is -0.453. The van der Waals surface area contributed by atoms with Crippen LogP contribution in [0.3, 0.4) is 0 Å². The Morgan fingerprint density at radius 3 is 2.21 bits per heavy atom. The molecule has 0 saturated carbocycles. The minimum atomic E-state index is -0.697. The fraction of sp³-hybridized carbons (Fsp3) is 0.929. The maximum atomic E-state index is 12.1. The molecule has 0 spiro atoms. The number of carbonyl (C=O) groups excluding carboxylic acids is 1. The van der Waals surface area contributed by atoms with E-state index in [-0.39, 0.29) is 23.3 Å². The summed E-state index contributed by atoms with van der Waals surface area (Å²) in [7, 11) is 0. The molecule has 1 atom stereocenters. The average molecular weight is 291 g/mol. The number of hydrogen-bond donors (Lipinski definition) is 3. The minimum absolute atomic E-state index is 0.0545. The molecule has 0 aromatic carbocycles. The van der Waals surface area contributed by atoms with Gasteiger partial charge < -0.3 is 15.5 Å². The van der Waals surface area contributed by atoms with Crippen molar-refractivity contribution in [1.82, 2.24) is 5.32 Å². The van der Waals surface area contributed by atoms with E-state index >= 15 is 0 Å². The van der Waals surface area contributed by atoms with Gasteiger partial charge in [0, 0.05) is 22.0 Å². The van der Waals surface area contributed by atoms with Crippen molar-refractivity contribution in [3.05, 3.63) is 0 Å². The van der Waals surface area contributed by atoms with E-state index in [1.165, 1.54) is 0 Å². The summed E-state index contributed by atoms with van der Waals surface area (Å²) in [6.45, 7) is 11.7. The number of rotatable bonds is 8. The zero-order chi connectivity index (χ0) is 15.3. The van der Waals surface area contributed by atoms with Gasteiger partial charge in [0.1, 0.15) is 0 Å². The van der Waals surface area contributed by atoms with Crippen LogP contribution in [0.15, 0.2) is 0 Å². The van der Waals surface area contributed by atoms with Crippen LogP contribution in [0.25, 0.3) is 0 Å². The van der Waals surface area contributed by atoms with Crippen molar-refractivity contribution in [2.45, 2.75) is 64.9 Å². The number of carbonyl (C=O) groups is 1. The molecule has 0 saturated heterocycles. The smallest absolute Gasteiger partial charge is 0.225 e. The van der Waals surface area contributed by atoms with E-state index in [4.69, 9.17) is 5.11 Å². The van der Waals surface area contributed by atoms with Gasteiger partial charge in [-0.2, -0.15) is 11.8 Å².